The van der Waals surface area contributed by atoms with Crippen LogP contribution in [0.3, 0.4) is 0 Å². The Morgan fingerprint density at radius 3 is 2.53 bits per heavy atom. The maximum absolute atomic E-state index is 11.4. The third-order valence-electron chi connectivity index (χ3n) is 2.20. The Bertz CT molecular complexity index is 388. The van der Waals surface area contributed by atoms with E-state index < -0.39 is 0 Å². The Labute approximate surface area is 97.7 Å². The second-order valence-electron chi connectivity index (χ2n) is 3.61. The molecule has 3 nitrogen and oxygen atoms in total. The molecule has 0 aliphatic carbocycles. The van der Waals surface area contributed by atoms with Crippen LogP contribution in [0.2, 0.25) is 0 Å². The summed E-state index contributed by atoms with van der Waals surface area (Å²) < 4.78 is 5.40. The lowest BCUT2D eigenvalue weighted by atomic mass is 9.99. The summed E-state index contributed by atoms with van der Waals surface area (Å²) in [5, 5.41) is 0. The van der Waals surface area contributed by atoms with Gasteiger partial charge in [0.05, 0.1) is 12.7 Å². The highest BCUT2D eigenvalue weighted by molar-refractivity contribution is 9.10. The van der Waals surface area contributed by atoms with Gasteiger partial charge in [-0.2, -0.15) is 0 Å². The van der Waals surface area contributed by atoms with Crippen LogP contribution in [0.4, 0.5) is 5.69 Å². The summed E-state index contributed by atoms with van der Waals surface area (Å²) in [4.78, 5) is 11.4. The third-order valence-corrected chi connectivity index (χ3v) is 2.86. The van der Waals surface area contributed by atoms with Gasteiger partial charge >= 0.3 is 5.97 Å². The Morgan fingerprint density at radius 2 is 2.07 bits per heavy atom. The molecule has 2 N–H and O–H groups in total. The van der Waals surface area contributed by atoms with Crippen molar-refractivity contribution in [3.63, 3.8) is 0 Å². The summed E-state index contributed by atoms with van der Waals surface area (Å²) in [5.74, 6) is -0.0801. The fraction of sp³-hybridized carbons (Fsp3) is 0.364. The minimum absolute atomic E-state index is 0.269. The quantitative estimate of drug-likeness (QED) is 0.665. The summed E-state index contributed by atoms with van der Waals surface area (Å²) >= 11 is 3.33. The van der Waals surface area contributed by atoms with Crippen molar-refractivity contribution in [2.24, 2.45) is 0 Å². The van der Waals surface area contributed by atoms with E-state index in [0.29, 0.717) is 11.3 Å². The predicted molar refractivity (Wildman–Crippen MR) is 64.0 cm³/mol. The summed E-state index contributed by atoms with van der Waals surface area (Å²) in [5.41, 5.74) is 8.04. The molecule has 0 saturated carbocycles. The van der Waals surface area contributed by atoms with E-state index in [1.54, 1.807) is 12.1 Å². The molecule has 0 fully saturated rings. The van der Waals surface area contributed by atoms with Crippen LogP contribution in [-0.4, -0.2) is 13.1 Å². The number of anilines is 1. The zero-order chi connectivity index (χ0) is 11.6. The predicted octanol–water partition coefficient (Wildman–Crippen LogP) is 2.94. The number of rotatable bonds is 2. The smallest absolute Gasteiger partial charge is 0.337 e. The molecule has 0 unspecified atom stereocenters. The SMILES string of the molecule is COC(=O)c1cc(Br)c(N)c(C(C)C)c1. The van der Waals surface area contributed by atoms with Crippen LogP contribution in [0.1, 0.15) is 35.7 Å². The Hall–Kier alpha value is -1.03. The largest absolute Gasteiger partial charge is 0.465 e. The number of methoxy groups -OCH3 is 1. The fourth-order valence-electron chi connectivity index (χ4n) is 1.35. The Balaban J connectivity index is 3.29. The molecule has 4 heteroatoms. The lowest BCUT2D eigenvalue weighted by Gasteiger charge is -2.12. The van der Waals surface area contributed by atoms with Gasteiger partial charge in [0.25, 0.3) is 0 Å². The highest BCUT2D eigenvalue weighted by Crippen LogP contribution is 2.30. The number of nitrogens with two attached hydrogens (primary N) is 1. The summed E-state index contributed by atoms with van der Waals surface area (Å²) in [6.45, 7) is 4.05. The molecule has 0 aliphatic heterocycles. The summed E-state index contributed by atoms with van der Waals surface area (Å²) in [7, 11) is 1.36. The Morgan fingerprint density at radius 1 is 1.47 bits per heavy atom. The van der Waals surface area contributed by atoms with Crippen molar-refractivity contribution in [1.82, 2.24) is 0 Å². The second-order valence-corrected chi connectivity index (χ2v) is 4.46. The maximum atomic E-state index is 11.4. The number of hydrogen-bond acceptors (Lipinski definition) is 3. The van der Waals surface area contributed by atoms with Gasteiger partial charge in [-0.15, -0.1) is 0 Å². The van der Waals surface area contributed by atoms with Gasteiger partial charge in [-0.1, -0.05) is 13.8 Å². The van der Waals surface area contributed by atoms with Crippen molar-refractivity contribution in [2.75, 3.05) is 12.8 Å². The average Bonchev–Trinajstić information content (AvgIpc) is 2.20. The van der Waals surface area contributed by atoms with E-state index in [9.17, 15) is 4.79 Å². The molecule has 82 valence electrons. The van der Waals surface area contributed by atoms with Gasteiger partial charge in [0.2, 0.25) is 0 Å². The molecule has 1 aromatic carbocycles. The van der Waals surface area contributed by atoms with Crippen LogP contribution < -0.4 is 5.73 Å². The summed E-state index contributed by atoms with van der Waals surface area (Å²) in [6.07, 6.45) is 0. The lowest BCUT2D eigenvalue weighted by Crippen LogP contribution is -2.05. The van der Waals surface area contributed by atoms with Crippen LogP contribution in [-0.2, 0) is 4.74 Å². The number of carbonyl (C=O) groups excluding carboxylic acids is 1. The first-order valence-electron chi connectivity index (χ1n) is 4.64. The first-order valence-corrected chi connectivity index (χ1v) is 5.44. The molecule has 0 saturated heterocycles. The first kappa shape index (κ1) is 12.0. The summed E-state index contributed by atoms with van der Waals surface area (Å²) in [6, 6.07) is 3.45. The van der Waals surface area contributed by atoms with Crippen molar-refractivity contribution in [3.05, 3.63) is 27.7 Å². The molecule has 0 heterocycles. The van der Waals surface area contributed by atoms with Crippen molar-refractivity contribution in [2.45, 2.75) is 19.8 Å². The molecule has 0 amide bonds. The van der Waals surface area contributed by atoms with Crippen molar-refractivity contribution >= 4 is 27.6 Å². The van der Waals surface area contributed by atoms with Crippen LogP contribution in [0.25, 0.3) is 0 Å². The van der Waals surface area contributed by atoms with E-state index in [1.807, 2.05) is 13.8 Å². The number of esters is 1. The molecule has 0 aromatic heterocycles. The monoisotopic (exact) mass is 271 g/mol. The topological polar surface area (TPSA) is 52.3 Å². The second kappa shape index (κ2) is 4.66. The molecular formula is C11H14BrNO2. The first-order chi connectivity index (χ1) is 6.97. The van der Waals surface area contributed by atoms with Crippen molar-refractivity contribution < 1.29 is 9.53 Å². The van der Waals surface area contributed by atoms with E-state index in [2.05, 4.69) is 20.7 Å². The van der Waals surface area contributed by atoms with Crippen LogP contribution in [0.5, 0.6) is 0 Å². The number of carbonyl (C=O) groups is 1. The van der Waals surface area contributed by atoms with Crippen LogP contribution >= 0.6 is 15.9 Å². The maximum Gasteiger partial charge on any atom is 0.337 e. The highest BCUT2D eigenvalue weighted by atomic mass is 79.9. The van der Waals surface area contributed by atoms with Gasteiger partial charge < -0.3 is 10.5 Å². The van der Waals surface area contributed by atoms with E-state index in [0.717, 1.165) is 10.0 Å². The molecule has 1 aromatic rings. The molecule has 0 radical (unpaired) electrons. The minimum Gasteiger partial charge on any atom is -0.465 e. The average molecular weight is 272 g/mol. The molecule has 0 atom stereocenters. The molecule has 0 aliphatic rings. The van der Waals surface area contributed by atoms with Gasteiger partial charge in [0.15, 0.2) is 0 Å². The fourth-order valence-corrected chi connectivity index (χ4v) is 1.83. The van der Waals surface area contributed by atoms with Gasteiger partial charge in [-0.05, 0) is 39.5 Å². The number of nitrogen functional groups attached to an aromatic ring is 1. The zero-order valence-corrected chi connectivity index (χ0v) is 10.6. The van der Waals surface area contributed by atoms with Gasteiger partial charge in [-0.25, -0.2) is 4.79 Å². The normalized spacial score (nSPS) is 10.5. The molecule has 0 bridgehead atoms. The van der Waals surface area contributed by atoms with E-state index in [-0.39, 0.29) is 11.9 Å². The van der Waals surface area contributed by atoms with E-state index in [4.69, 9.17) is 5.73 Å². The zero-order valence-electron chi connectivity index (χ0n) is 9.00. The van der Waals surface area contributed by atoms with Crippen molar-refractivity contribution in [1.29, 1.82) is 0 Å². The molecule has 15 heavy (non-hydrogen) atoms. The number of halogens is 1. The van der Waals surface area contributed by atoms with Crippen LogP contribution in [0, 0.1) is 0 Å². The van der Waals surface area contributed by atoms with Gasteiger partial charge in [0, 0.05) is 10.2 Å². The molecule has 0 spiro atoms. The number of ether oxygens (including phenoxy) is 1. The standard InChI is InChI=1S/C11H14BrNO2/c1-6(2)8-4-7(11(14)15-3)5-9(12)10(8)13/h4-6H,13H2,1-3H3. The van der Waals surface area contributed by atoms with Gasteiger partial charge in [0.1, 0.15) is 0 Å². The van der Waals surface area contributed by atoms with E-state index >= 15 is 0 Å². The molecular weight excluding hydrogens is 258 g/mol. The molecule has 1 rings (SSSR count). The van der Waals surface area contributed by atoms with Crippen LogP contribution in [0.15, 0.2) is 16.6 Å². The lowest BCUT2D eigenvalue weighted by molar-refractivity contribution is 0.0600. The number of benzene rings is 1. The Kier molecular flexibility index (Phi) is 3.74. The number of hydrogen-bond donors (Lipinski definition) is 1. The van der Waals surface area contributed by atoms with Crippen molar-refractivity contribution in [3.8, 4) is 0 Å². The van der Waals surface area contributed by atoms with E-state index in [1.165, 1.54) is 7.11 Å². The minimum atomic E-state index is -0.349. The highest BCUT2D eigenvalue weighted by Gasteiger charge is 2.13. The third kappa shape index (κ3) is 2.50. The van der Waals surface area contributed by atoms with Gasteiger partial charge in [-0.3, -0.25) is 0 Å².